The number of anilines is 1. The summed E-state index contributed by atoms with van der Waals surface area (Å²) in [6.07, 6.45) is 3.97. The largest absolute Gasteiger partial charge is 0.497 e. The molecule has 2 bridgehead atoms. The van der Waals surface area contributed by atoms with Crippen LogP contribution in [0, 0.1) is 0 Å². The fraction of sp³-hybridized carbons (Fsp3) is 0.471. The highest BCUT2D eigenvalue weighted by Gasteiger charge is 2.40. The highest BCUT2D eigenvalue weighted by atomic mass is 16.5. The van der Waals surface area contributed by atoms with E-state index in [9.17, 15) is 4.79 Å². The fourth-order valence-electron chi connectivity index (χ4n) is 3.52. The molecule has 118 valence electrons. The van der Waals surface area contributed by atoms with E-state index >= 15 is 0 Å². The van der Waals surface area contributed by atoms with Crippen molar-refractivity contribution in [1.82, 2.24) is 4.90 Å². The Labute approximate surface area is 130 Å². The Morgan fingerprint density at radius 1 is 1.23 bits per heavy atom. The molecular weight excluding hydrogens is 280 g/mol. The van der Waals surface area contributed by atoms with Gasteiger partial charge in [0.15, 0.2) is 0 Å². The van der Waals surface area contributed by atoms with E-state index < -0.39 is 0 Å². The van der Waals surface area contributed by atoms with Crippen LogP contribution in [0.15, 0.2) is 30.4 Å². The standard InChI is InChI=1S/C17H22N2O3/c1-11-8-12-4-5-13(9-11)19(12)17(20)18-15-7-6-14(21-2)10-16(15)22-3/h6-7,10,12-13H,1,4-5,8-9H2,2-3H3,(H,18,20). The van der Waals surface area contributed by atoms with Crippen LogP contribution in [-0.4, -0.2) is 37.2 Å². The van der Waals surface area contributed by atoms with Gasteiger partial charge in [-0.25, -0.2) is 4.79 Å². The average molecular weight is 302 g/mol. The predicted octanol–water partition coefficient (Wildman–Crippen LogP) is 3.42. The van der Waals surface area contributed by atoms with Crippen molar-refractivity contribution in [3.63, 3.8) is 0 Å². The second-order valence-corrected chi connectivity index (χ2v) is 5.95. The summed E-state index contributed by atoms with van der Waals surface area (Å²) in [5.74, 6) is 1.30. The van der Waals surface area contributed by atoms with E-state index in [4.69, 9.17) is 9.47 Å². The van der Waals surface area contributed by atoms with E-state index in [1.54, 1.807) is 26.4 Å². The molecule has 2 amide bonds. The van der Waals surface area contributed by atoms with Gasteiger partial charge in [0.05, 0.1) is 19.9 Å². The number of amides is 2. The van der Waals surface area contributed by atoms with Crippen LogP contribution in [0.2, 0.25) is 0 Å². The summed E-state index contributed by atoms with van der Waals surface area (Å²) in [6, 6.07) is 5.90. The molecule has 0 radical (unpaired) electrons. The number of hydrogen-bond donors (Lipinski definition) is 1. The maximum atomic E-state index is 12.7. The molecule has 5 nitrogen and oxygen atoms in total. The lowest BCUT2D eigenvalue weighted by atomic mass is 9.99. The van der Waals surface area contributed by atoms with Crippen molar-refractivity contribution in [2.45, 2.75) is 37.8 Å². The first-order chi connectivity index (χ1) is 10.6. The smallest absolute Gasteiger partial charge is 0.322 e. The molecule has 2 aliphatic heterocycles. The van der Waals surface area contributed by atoms with Crippen molar-refractivity contribution < 1.29 is 14.3 Å². The third kappa shape index (κ3) is 2.63. The molecule has 2 fully saturated rings. The summed E-state index contributed by atoms with van der Waals surface area (Å²) in [4.78, 5) is 14.6. The average Bonchev–Trinajstić information content (AvgIpc) is 2.79. The molecule has 2 atom stereocenters. The first-order valence-corrected chi connectivity index (χ1v) is 7.60. The number of carbonyl (C=O) groups excluding carboxylic acids is 1. The number of ether oxygens (including phenoxy) is 2. The number of benzene rings is 1. The molecule has 3 rings (SSSR count). The Morgan fingerprint density at radius 3 is 2.50 bits per heavy atom. The molecule has 1 aromatic rings. The Bertz CT molecular complexity index is 584. The Kier molecular flexibility index (Phi) is 3.96. The number of nitrogens with zero attached hydrogens (tertiary/aromatic N) is 1. The normalized spacial score (nSPS) is 23.4. The SMILES string of the molecule is C=C1CC2CCC(C1)N2C(=O)Nc1ccc(OC)cc1OC. The number of carbonyl (C=O) groups is 1. The lowest BCUT2D eigenvalue weighted by Gasteiger charge is -2.35. The third-order valence-corrected chi connectivity index (χ3v) is 4.55. The van der Waals surface area contributed by atoms with E-state index in [1.165, 1.54) is 5.57 Å². The molecule has 2 heterocycles. The molecule has 2 aliphatic rings. The van der Waals surface area contributed by atoms with E-state index in [0.29, 0.717) is 17.2 Å². The molecule has 22 heavy (non-hydrogen) atoms. The summed E-state index contributed by atoms with van der Waals surface area (Å²) in [6.45, 7) is 4.09. The molecule has 5 heteroatoms. The summed E-state index contributed by atoms with van der Waals surface area (Å²) >= 11 is 0. The van der Waals surface area contributed by atoms with Crippen LogP contribution in [0.25, 0.3) is 0 Å². The molecule has 2 unspecified atom stereocenters. The van der Waals surface area contributed by atoms with Gasteiger partial charge < -0.3 is 19.7 Å². The molecule has 1 aromatic carbocycles. The Balaban J connectivity index is 1.76. The quantitative estimate of drug-likeness (QED) is 0.870. The van der Waals surface area contributed by atoms with Gasteiger partial charge in [0.2, 0.25) is 0 Å². The van der Waals surface area contributed by atoms with Crippen LogP contribution in [0.3, 0.4) is 0 Å². The minimum absolute atomic E-state index is 0.0523. The predicted molar refractivity (Wildman–Crippen MR) is 85.6 cm³/mol. The maximum Gasteiger partial charge on any atom is 0.322 e. The monoisotopic (exact) mass is 302 g/mol. The summed E-state index contributed by atoms with van der Waals surface area (Å²) < 4.78 is 10.5. The minimum atomic E-state index is -0.0523. The van der Waals surface area contributed by atoms with E-state index in [-0.39, 0.29) is 18.1 Å². The zero-order valence-corrected chi connectivity index (χ0v) is 13.1. The summed E-state index contributed by atoms with van der Waals surface area (Å²) in [5, 5.41) is 2.97. The van der Waals surface area contributed by atoms with Crippen molar-refractivity contribution in [3.05, 3.63) is 30.4 Å². The van der Waals surface area contributed by atoms with Gasteiger partial charge in [-0.2, -0.15) is 0 Å². The molecule has 0 aromatic heterocycles. The number of fused-ring (bicyclic) bond motifs is 2. The Morgan fingerprint density at radius 2 is 1.91 bits per heavy atom. The number of methoxy groups -OCH3 is 2. The molecule has 0 aliphatic carbocycles. The van der Waals surface area contributed by atoms with Crippen LogP contribution in [0.5, 0.6) is 11.5 Å². The highest BCUT2D eigenvalue weighted by Crippen LogP contribution is 2.38. The fourth-order valence-corrected chi connectivity index (χ4v) is 3.52. The van der Waals surface area contributed by atoms with Crippen molar-refractivity contribution >= 4 is 11.7 Å². The first kappa shape index (κ1) is 14.8. The van der Waals surface area contributed by atoms with Gasteiger partial charge in [-0.3, -0.25) is 0 Å². The van der Waals surface area contributed by atoms with E-state index in [1.807, 2.05) is 11.0 Å². The van der Waals surface area contributed by atoms with Crippen LogP contribution >= 0.6 is 0 Å². The van der Waals surface area contributed by atoms with Crippen LogP contribution in [0.1, 0.15) is 25.7 Å². The topological polar surface area (TPSA) is 50.8 Å². The van der Waals surface area contributed by atoms with Gasteiger partial charge in [0.25, 0.3) is 0 Å². The van der Waals surface area contributed by atoms with Gasteiger partial charge >= 0.3 is 6.03 Å². The second kappa shape index (κ2) is 5.91. The van der Waals surface area contributed by atoms with Crippen molar-refractivity contribution in [1.29, 1.82) is 0 Å². The summed E-state index contributed by atoms with van der Waals surface area (Å²) in [7, 11) is 3.18. The zero-order chi connectivity index (χ0) is 15.7. The van der Waals surface area contributed by atoms with Gasteiger partial charge in [0, 0.05) is 18.2 Å². The number of hydrogen-bond acceptors (Lipinski definition) is 3. The number of nitrogens with one attached hydrogen (secondary N) is 1. The van der Waals surface area contributed by atoms with E-state index in [2.05, 4.69) is 11.9 Å². The van der Waals surface area contributed by atoms with Crippen LogP contribution in [-0.2, 0) is 0 Å². The van der Waals surface area contributed by atoms with Gasteiger partial charge in [-0.05, 0) is 37.8 Å². The highest BCUT2D eigenvalue weighted by molar-refractivity contribution is 5.92. The first-order valence-electron chi connectivity index (χ1n) is 7.60. The second-order valence-electron chi connectivity index (χ2n) is 5.95. The lowest BCUT2D eigenvalue weighted by Crippen LogP contribution is -2.46. The Hall–Kier alpha value is -2.17. The molecule has 1 N–H and O–H groups in total. The van der Waals surface area contributed by atoms with Gasteiger partial charge in [0.1, 0.15) is 11.5 Å². The number of urea groups is 1. The van der Waals surface area contributed by atoms with E-state index in [0.717, 1.165) is 25.7 Å². The van der Waals surface area contributed by atoms with Crippen molar-refractivity contribution in [2.75, 3.05) is 19.5 Å². The molecule has 2 saturated heterocycles. The van der Waals surface area contributed by atoms with Crippen LogP contribution < -0.4 is 14.8 Å². The molecular formula is C17H22N2O3. The van der Waals surface area contributed by atoms with Crippen molar-refractivity contribution in [2.24, 2.45) is 0 Å². The lowest BCUT2D eigenvalue weighted by molar-refractivity contribution is 0.174. The maximum absolute atomic E-state index is 12.7. The summed E-state index contributed by atoms with van der Waals surface area (Å²) in [5.41, 5.74) is 1.93. The van der Waals surface area contributed by atoms with Crippen LogP contribution in [0.4, 0.5) is 10.5 Å². The zero-order valence-electron chi connectivity index (χ0n) is 13.1. The van der Waals surface area contributed by atoms with Crippen molar-refractivity contribution in [3.8, 4) is 11.5 Å². The minimum Gasteiger partial charge on any atom is -0.497 e. The third-order valence-electron chi connectivity index (χ3n) is 4.55. The van der Waals surface area contributed by atoms with Gasteiger partial charge in [-0.1, -0.05) is 12.2 Å². The van der Waals surface area contributed by atoms with Gasteiger partial charge in [-0.15, -0.1) is 0 Å². The number of piperidine rings is 1. The number of rotatable bonds is 3. The molecule has 0 saturated carbocycles. The molecule has 0 spiro atoms.